The van der Waals surface area contributed by atoms with Gasteiger partial charge in [-0.2, -0.15) is 4.80 Å². The van der Waals surface area contributed by atoms with Gasteiger partial charge in [-0.25, -0.2) is 0 Å². The van der Waals surface area contributed by atoms with Crippen LogP contribution in [0.2, 0.25) is 0 Å². The van der Waals surface area contributed by atoms with Gasteiger partial charge in [0.2, 0.25) is 5.82 Å². The fourth-order valence-electron chi connectivity index (χ4n) is 1.45. The third kappa shape index (κ3) is 2.43. The molecule has 0 aliphatic rings. The van der Waals surface area contributed by atoms with E-state index >= 15 is 0 Å². The van der Waals surface area contributed by atoms with Crippen LogP contribution in [0.4, 0.5) is 0 Å². The minimum atomic E-state index is 0.680. The Labute approximate surface area is 94.5 Å². The molecular weight excluding hydrogens is 202 g/mol. The van der Waals surface area contributed by atoms with Crippen molar-refractivity contribution < 1.29 is 0 Å². The molecule has 0 aliphatic heterocycles. The molecular formula is C11H15N5. The maximum Gasteiger partial charge on any atom is 0.204 e. The predicted octanol–water partition coefficient (Wildman–Crippen LogP) is 0.868. The summed E-state index contributed by atoms with van der Waals surface area (Å²) in [4.78, 5) is 1.61. The topological polar surface area (TPSA) is 55.6 Å². The van der Waals surface area contributed by atoms with E-state index < -0.39 is 0 Å². The fraction of sp³-hybridized carbons (Fsp3) is 0.364. The number of tetrazole rings is 1. The number of nitrogens with one attached hydrogen (secondary N) is 1. The van der Waals surface area contributed by atoms with E-state index in [4.69, 9.17) is 0 Å². The molecule has 0 fully saturated rings. The molecule has 0 aliphatic carbocycles. The first kappa shape index (κ1) is 10.8. The normalized spacial score (nSPS) is 10.6. The maximum absolute atomic E-state index is 4.31. The lowest BCUT2D eigenvalue weighted by molar-refractivity contribution is 0.507. The van der Waals surface area contributed by atoms with Crippen molar-refractivity contribution in [2.45, 2.75) is 13.5 Å². The summed E-state index contributed by atoms with van der Waals surface area (Å²) in [6.07, 6.45) is 0. The monoisotopic (exact) mass is 217 g/mol. The van der Waals surface area contributed by atoms with Gasteiger partial charge in [0.15, 0.2) is 0 Å². The first-order valence-electron chi connectivity index (χ1n) is 5.29. The van der Waals surface area contributed by atoms with E-state index in [2.05, 4.69) is 39.8 Å². The Morgan fingerprint density at radius 2 is 2.25 bits per heavy atom. The summed E-state index contributed by atoms with van der Waals surface area (Å²) in [5.41, 5.74) is 2.21. The Bertz CT molecular complexity index is 463. The van der Waals surface area contributed by atoms with Crippen molar-refractivity contribution in [1.82, 2.24) is 25.5 Å². The summed E-state index contributed by atoms with van der Waals surface area (Å²) in [7, 11) is 1.90. The van der Waals surface area contributed by atoms with Crippen LogP contribution in [-0.2, 0) is 6.54 Å². The van der Waals surface area contributed by atoms with E-state index in [0.717, 1.165) is 18.7 Å². The number of hydrogen-bond acceptors (Lipinski definition) is 4. The van der Waals surface area contributed by atoms with Crippen LogP contribution in [0.1, 0.15) is 5.56 Å². The SMILES string of the molecule is CNCCn1nnc(-c2cccc(C)c2)n1. The Hall–Kier alpha value is -1.75. The number of benzene rings is 1. The van der Waals surface area contributed by atoms with Crippen LogP contribution >= 0.6 is 0 Å². The molecule has 16 heavy (non-hydrogen) atoms. The van der Waals surface area contributed by atoms with Crippen molar-refractivity contribution in [1.29, 1.82) is 0 Å². The van der Waals surface area contributed by atoms with Gasteiger partial charge in [-0.1, -0.05) is 23.8 Å². The van der Waals surface area contributed by atoms with Gasteiger partial charge in [0.05, 0.1) is 6.54 Å². The standard InChI is InChI=1S/C11H15N5/c1-9-4-3-5-10(8-9)11-13-15-16(14-11)7-6-12-2/h3-5,8,12H,6-7H2,1-2H3. The molecule has 1 heterocycles. The van der Waals surface area contributed by atoms with E-state index in [1.165, 1.54) is 5.56 Å². The van der Waals surface area contributed by atoms with Gasteiger partial charge < -0.3 is 5.32 Å². The van der Waals surface area contributed by atoms with Gasteiger partial charge in [0, 0.05) is 12.1 Å². The van der Waals surface area contributed by atoms with Crippen LogP contribution in [0.15, 0.2) is 24.3 Å². The van der Waals surface area contributed by atoms with Crippen LogP contribution in [0.3, 0.4) is 0 Å². The average Bonchev–Trinajstić information content (AvgIpc) is 2.75. The Morgan fingerprint density at radius 1 is 1.38 bits per heavy atom. The summed E-state index contributed by atoms with van der Waals surface area (Å²) in [6, 6.07) is 8.10. The van der Waals surface area contributed by atoms with Crippen LogP contribution in [-0.4, -0.2) is 33.8 Å². The molecule has 2 aromatic rings. The van der Waals surface area contributed by atoms with E-state index in [1.807, 2.05) is 19.2 Å². The molecule has 0 spiro atoms. The minimum Gasteiger partial charge on any atom is -0.318 e. The first-order chi connectivity index (χ1) is 7.79. The van der Waals surface area contributed by atoms with Gasteiger partial charge in [-0.05, 0) is 25.3 Å². The molecule has 5 heteroatoms. The summed E-state index contributed by atoms with van der Waals surface area (Å²) >= 11 is 0. The van der Waals surface area contributed by atoms with Gasteiger partial charge in [-0.15, -0.1) is 10.2 Å². The molecule has 2 rings (SSSR count). The predicted molar refractivity (Wildman–Crippen MR) is 61.9 cm³/mol. The highest BCUT2D eigenvalue weighted by Crippen LogP contribution is 2.14. The Balaban J connectivity index is 2.18. The van der Waals surface area contributed by atoms with Crippen molar-refractivity contribution in [3.8, 4) is 11.4 Å². The average molecular weight is 217 g/mol. The first-order valence-corrected chi connectivity index (χ1v) is 5.29. The van der Waals surface area contributed by atoms with Gasteiger partial charge in [0.25, 0.3) is 0 Å². The Morgan fingerprint density at radius 3 is 3.00 bits per heavy atom. The molecule has 0 saturated heterocycles. The number of aromatic nitrogens is 4. The lowest BCUT2D eigenvalue weighted by Gasteiger charge is -1.97. The zero-order valence-electron chi connectivity index (χ0n) is 9.51. The van der Waals surface area contributed by atoms with Crippen molar-refractivity contribution in [3.05, 3.63) is 29.8 Å². The van der Waals surface area contributed by atoms with Crippen LogP contribution in [0, 0.1) is 6.92 Å². The van der Waals surface area contributed by atoms with Crippen molar-refractivity contribution in [2.24, 2.45) is 0 Å². The molecule has 0 atom stereocenters. The number of aryl methyl sites for hydroxylation is 1. The summed E-state index contributed by atoms with van der Waals surface area (Å²) in [5.74, 6) is 0.680. The molecule has 0 saturated carbocycles. The summed E-state index contributed by atoms with van der Waals surface area (Å²) < 4.78 is 0. The van der Waals surface area contributed by atoms with E-state index in [0.29, 0.717) is 5.82 Å². The van der Waals surface area contributed by atoms with Gasteiger partial charge in [-0.3, -0.25) is 0 Å². The van der Waals surface area contributed by atoms with E-state index in [-0.39, 0.29) is 0 Å². The number of likely N-dealkylation sites (N-methyl/N-ethyl adjacent to an activating group) is 1. The zero-order chi connectivity index (χ0) is 11.4. The second kappa shape index (κ2) is 4.85. The van der Waals surface area contributed by atoms with Crippen molar-refractivity contribution >= 4 is 0 Å². The lowest BCUT2D eigenvalue weighted by atomic mass is 10.1. The van der Waals surface area contributed by atoms with Gasteiger partial charge >= 0.3 is 0 Å². The van der Waals surface area contributed by atoms with E-state index in [9.17, 15) is 0 Å². The lowest BCUT2D eigenvalue weighted by Crippen LogP contribution is -2.16. The van der Waals surface area contributed by atoms with Crippen molar-refractivity contribution in [2.75, 3.05) is 13.6 Å². The third-order valence-corrected chi connectivity index (χ3v) is 2.29. The highest BCUT2D eigenvalue weighted by atomic mass is 15.6. The Kier molecular flexibility index (Phi) is 3.26. The largest absolute Gasteiger partial charge is 0.318 e. The van der Waals surface area contributed by atoms with Crippen LogP contribution in [0.5, 0.6) is 0 Å². The molecule has 1 aromatic heterocycles. The third-order valence-electron chi connectivity index (χ3n) is 2.29. The number of hydrogen-bond donors (Lipinski definition) is 1. The van der Waals surface area contributed by atoms with E-state index in [1.54, 1.807) is 4.80 Å². The highest BCUT2D eigenvalue weighted by molar-refractivity contribution is 5.54. The molecule has 1 aromatic carbocycles. The zero-order valence-corrected chi connectivity index (χ0v) is 9.51. The summed E-state index contributed by atoms with van der Waals surface area (Å²) in [6.45, 7) is 3.62. The molecule has 0 unspecified atom stereocenters. The summed E-state index contributed by atoms with van der Waals surface area (Å²) in [5, 5.41) is 15.4. The minimum absolute atomic E-state index is 0.680. The van der Waals surface area contributed by atoms with Crippen LogP contribution in [0.25, 0.3) is 11.4 Å². The molecule has 0 radical (unpaired) electrons. The van der Waals surface area contributed by atoms with Gasteiger partial charge in [0.1, 0.15) is 0 Å². The van der Waals surface area contributed by atoms with Crippen LogP contribution < -0.4 is 5.32 Å². The molecule has 0 bridgehead atoms. The molecule has 1 N–H and O–H groups in total. The molecule has 0 amide bonds. The number of nitrogens with zero attached hydrogens (tertiary/aromatic N) is 4. The number of rotatable bonds is 4. The second-order valence-electron chi connectivity index (χ2n) is 3.68. The molecule has 84 valence electrons. The highest BCUT2D eigenvalue weighted by Gasteiger charge is 2.04. The quantitative estimate of drug-likeness (QED) is 0.825. The maximum atomic E-state index is 4.31. The second-order valence-corrected chi connectivity index (χ2v) is 3.68. The van der Waals surface area contributed by atoms with Crippen molar-refractivity contribution in [3.63, 3.8) is 0 Å². The fourth-order valence-corrected chi connectivity index (χ4v) is 1.45. The molecule has 5 nitrogen and oxygen atoms in total. The smallest absolute Gasteiger partial charge is 0.204 e.